The largest absolute Gasteiger partial charge is 0.493 e. The van der Waals surface area contributed by atoms with Crippen molar-refractivity contribution in [2.75, 3.05) is 25.6 Å². The molecule has 1 heterocycles. The van der Waals surface area contributed by atoms with E-state index in [-0.39, 0.29) is 5.97 Å². The third-order valence-electron chi connectivity index (χ3n) is 4.82. The Labute approximate surface area is 182 Å². The fourth-order valence-electron chi connectivity index (χ4n) is 3.39. The lowest BCUT2D eigenvalue weighted by Crippen LogP contribution is -2.07. The number of nitrogens with one attached hydrogen (secondary N) is 1. The quantitative estimate of drug-likeness (QED) is 0.364. The lowest BCUT2D eigenvalue weighted by Gasteiger charge is -2.15. The fourth-order valence-corrected chi connectivity index (χ4v) is 3.39. The van der Waals surface area contributed by atoms with Crippen molar-refractivity contribution in [2.24, 2.45) is 0 Å². The standard InChI is InChI=1S/C24H29N3O4/c1-5-17-9-7-10-19-23(17)24(26-16(3)25-19)27-18-12-13-20(29-4)21(15-18)31-14-8-11-22(28)30-6-2/h7,9-10,12-13,15H,5-6,8,11,14H2,1-4H3,(H,25,26,27). The second kappa shape index (κ2) is 10.6. The van der Waals surface area contributed by atoms with E-state index in [1.54, 1.807) is 14.0 Å². The Morgan fingerprint density at radius 2 is 1.94 bits per heavy atom. The first-order valence-corrected chi connectivity index (χ1v) is 10.5. The van der Waals surface area contributed by atoms with Gasteiger partial charge in [-0.15, -0.1) is 0 Å². The van der Waals surface area contributed by atoms with E-state index < -0.39 is 0 Å². The summed E-state index contributed by atoms with van der Waals surface area (Å²) < 4.78 is 16.3. The molecule has 0 atom stereocenters. The molecular weight excluding hydrogens is 394 g/mol. The Morgan fingerprint density at radius 1 is 1.10 bits per heavy atom. The molecule has 0 aliphatic carbocycles. The van der Waals surface area contributed by atoms with Gasteiger partial charge in [0.2, 0.25) is 0 Å². The van der Waals surface area contributed by atoms with Crippen LogP contribution < -0.4 is 14.8 Å². The summed E-state index contributed by atoms with van der Waals surface area (Å²) in [5.41, 5.74) is 2.92. The molecule has 0 unspecified atom stereocenters. The van der Waals surface area contributed by atoms with Crippen molar-refractivity contribution in [3.63, 3.8) is 0 Å². The number of hydrogen-bond donors (Lipinski definition) is 1. The van der Waals surface area contributed by atoms with Crippen LogP contribution in [0, 0.1) is 6.92 Å². The molecule has 0 aliphatic rings. The number of esters is 1. The Hall–Kier alpha value is -3.35. The van der Waals surface area contributed by atoms with Gasteiger partial charge in [-0.2, -0.15) is 0 Å². The molecule has 3 aromatic rings. The van der Waals surface area contributed by atoms with E-state index in [2.05, 4.69) is 28.3 Å². The van der Waals surface area contributed by atoms with Crippen LogP contribution in [0.1, 0.15) is 38.1 Å². The van der Waals surface area contributed by atoms with Gasteiger partial charge in [-0.25, -0.2) is 9.97 Å². The van der Waals surface area contributed by atoms with E-state index in [4.69, 9.17) is 14.2 Å². The van der Waals surface area contributed by atoms with E-state index in [1.807, 2.05) is 37.3 Å². The Morgan fingerprint density at radius 3 is 2.68 bits per heavy atom. The summed E-state index contributed by atoms with van der Waals surface area (Å²) in [5.74, 6) is 2.47. The van der Waals surface area contributed by atoms with Crippen molar-refractivity contribution in [1.82, 2.24) is 9.97 Å². The molecule has 0 saturated carbocycles. The number of carbonyl (C=O) groups excluding carboxylic acids is 1. The molecule has 0 fully saturated rings. The number of aromatic nitrogens is 2. The Bertz CT molecular complexity index is 1050. The predicted molar refractivity (Wildman–Crippen MR) is 121 cm³/mol. The minimum Gasteiger partial charge on any atom is -0.493 e. The van der Waals surface area contributed by atoms with Crippen LogP contribution in [0.4, 0.5) is 11.5 Å². The van der Waals surface area contributed by atoms with Crippen LogP contribution in [0.25, 0.3) is 10.9 Å². The van der Waals surface area contributed by atoms with E-state index >= 15 is 0 Å². The van der Waals surface area contributed by atoms with Crippen LogP contribution in [-0.2, 0) is 16.0 Å². The number of carbonyl (C=O) groups is 1. The average molecular weight is 424 g/mol. The minimum absolute atomic E-state index is 0.216. The zero-order valence-corrected chi connectivity index (χ0v) is 18.5. The number of benzene rings is 2. The van der Waals surface area contributed by atoms with E-state index in [9.17, 15) is 4.79 Å². The van der Waals surface area contributed by atoms with Gasteiger partial charge in [0.05, 0.1) is 25.8 Å². The summed E-state index contributed by atoms with van der Waals surface area (Å²) in [6, 6.07) is 11.8. The van der Waals surface area contributed by atoms with Crippen molar-refractivity contribution in [2.45, 2.75) is 40.0 Å². The van der Waals surface area contributed by atoms with E-state index in [0.29, 0.717) is 43.4 Å². The first-order chi connectivity index (χ1) is 15.0. The van der Waals surface area contributed by atoms with Crippen LogP contribution in [0.2, 0.25) is 0 Å². The van der Waals surface area contributed by atoms with Gasteiger partial charge in [0, 0.05) is 23.6 Å². The number of nitrogens with zero attached hydrogens (tertiary/aromatic N) is 2. The molecular formula is C24H29N3O4. The highest BCUT2D eigenvalue weighted by Crippen LogP contribution is 2.33. The van der Waals surface area contributed by atoms with Crippen LogP contribution in [-0.4, -0.2) is 36.3 Å². The van der Waals surface area contributed by atoms with Crippen LogP contribution in [0.3, 0.4) is 0 Å². The molecule has 3 rings (SSSR count). The van der Waals surface area contributed by atoms with Crippen LogP contribution >= 0.6 is 0 Å². The number of fused-ring (bicyclic) bond motifs is 1. The average Bonchev–Trinajstić information content (AvgIpc) is 2.76. The van der Waals surface area contributed by atoms with Gasteiger partial charge in [-0.05, 0) is 50.5 Å². The summed E-state index contributed by atoms with van der Waals surface area (Å²) in [7, 11) is 1.60. The molecule has 1 aromatic heterocycles. The van der Waals surface area contributed by atoms with E-state index in [0.717, 1.165) is 28.8 Å². The van der Waals surface area contributed by atoms with Gasteiger partial charge >= 0.3 is 5.97 Å². The maximum Gasteiger partial charge on any atom is 0.305 e. The molecule has 1 N–H and O–H groups in total. The topological polar surface area (TPSA) is 82.6 Å². The maximum absolute atomic E-state index is 11.5. The molecule has 0 saturated heterocycles. The lowest BCUT2D eigenvalue weighted by atomic mass is 10.1. The molecule has 164 valence electrons. The van der Waals surface area contributed by atoms with E-state index in [1.165, 1.54) is 5.56 Å². The molecule has 0 aliphatic heterocycles. The molecule has 0 radical (unpaired) electrons. The first-order valence-electron chi connectivity index (χ1n) is 10.5. The number of rotatable bonds is 10. The number of hydrogen-bond acceptors (Lipinski definition) is 7. The van der Waals surface area contributed by atoms with Crippen molar-refractivity contribution in [3.8, 4) is 11.5 Å². The highest BCUT2D eigenvalue weighted by atomic mass is 16.5. The monoisotopic (exact) mass is 423 g/mol. The number of methoxy groups -OCH3 is 1. The molecule has 0 amide bonds. The molecule has 2 aromatic carbocycles. The van der Waals surface area contributed by atoms with Gasteiger partial charge in [0.15, 0.2) is 11.5 Å². The lowest BCUT2D eigenvalue weighted by molar-refractivity contribution is -0.143. The Kier molecular flexibility index (Phi) is 7.65. The van der Waals surface area contributed by atoms with Crippen molar-refractivity contribution < 1.29 is 19.0 Å². The zero-order valence-electron chi connectivity index (χ0n) is 18.5. The number of anilines is 2. The highest BCUT2D eigenvalue weighted by Gasteiger charge is 2.12. The predicted octanol–water partition coefficient (Wildman–Crippen LogP) is 4.97. The van der Waals surface area contributed by atoms with Gasteiger partial charge in [0.1, 0.15) is 11.6 Å². The molecule has 0 bridgehead atoms. The number of aryl methyl sites for hydroxylation is 2. The van der Waals surface area contributed by atoms with Crippen LogP contribution in [0.5, 0.6) is 11.5 Å². The zero-order chi connectivity index (χ0) is 22.2. The smallest absolute Gasteiger partial charge is 0.305 e. The molecule has 7 heteroatoms. The summed E-state index contributed by atoms with van der Waals surface area (Å²) in [5, 5.41) is 4.44. The van der Waals surface area contributed by atoms with Gasteiger partial charge in [-0.3, -0.25) is 4.79 Å². The van der Waals surface area contributed by atoms with Crippen molar-refractivity contribution >= 4 is 28.4 Å². The third kappa shape index (κ3) is 5.63. The minimum atomic E-state index is -0.216. The molecule has 0 spiro atoms. The van der Waals surface area contributed by atoms with Crippen LogP contribution in [0.15, 0.2) is 36.4 Å². The van der Waals surface area contributed by atoms with Crippen molar-refractivity contribution in [3.05, 3.63) is 47.8 Å². The second-order valence-electron chi connectivity index (χ2n) is 7.03. The normalized spacial score (nSPS) is 10.7. The Balaban J connectivity index is 1.81. The fraction of sp³-hybridized carbons (Fsp3) is 0.375. The summed E-state index contributed by atoms with van der Waals surface area (Å²) in [6.07, 6.45) is 1.77. The summed E-state index contributed by atoms with van der Waals surface area (Å²) in [6.45, 7) is 6.57. The first kappa shape index (κ1) is 22.3. The summed E-state index contributed by atoms with van der Waals surface area (Å²) in [4.78, 5) is 20.7. The van der Waals surface area contributed by atoms with Gasteiger partial charge < -0.3 is 19.5 Å². The maximum atomic E-state index is 11.5. The summed E-state index contributed by atoms with van der Waals surface area (Å²) >= 11 is 0. The van der Waals surface area contributed by atoms with Gasteiger partial charge in [-0.1, -0.05) is 19.1 Å². The van der Waals surface area contributed by atoms with Crippen molar-refractivity contribution in [1.29, 1.82) is 0 Å². The highest BCUT2D eigenvalue weighted by molar-refractivity contribution is 5.93. The second-order valence-corrected chi connectivity index (χ2v) is 7.03. The van der Waals surface area contributed by atoms with Gasteiger partial charge in [0.25, 0.3) is 0 Å². The molecule has 31 heavy (non-hydrogen) atoms. The number of ether oxygens (including phenoxy) is 3. The third-order valence-corrected chi connectivity index (χ3v) is 4.82. The SMILES string of the molecule is CCOC(=O)CCCOc1cc(Nc2nc(C)nc3cccc(CC)c23)ccc1OC. The molecule has 7 nitrogen and oxygen atoms in total.